The Hall–Kier alpha value is 0. The van der Waals surface area contributed by atoms with Crippen LogP contribution in [0, 0.1) is 34.0 Å². The summed E-state index contributed by atoms with van der Waals surface area (Å²) < 4.78 is 0. The van der Waals surface area contributed by atoms with Crippen LogP contribution >= 0.6 is 0 Å². The lowest BCUT2D eigenvalue weighted by Gasteiger charge is -2.40. The average Bonchev–Trinajstić information content (AvgIpc) is 2.90. The molecule has 0 heterocycles. The molecule has 0 saturated heterocycles. The Kier molecular flexibility index (Phi) is 1.37. The summed E-state index contributed by atoms with van der Waals surface area (Å²) in [5, 5.41) is 0. The van der Waals surface area contributed by atoms with Crippen LogP contribution in [0.4, 0.5) is 0 Å². The maximum absolute atomic E-state index is 2.57. The lowest BCUT2D eigenvalue weighted by atomic mass is 9.65. The molecule has 80 valence electrons. The average molecular weight is 192 g/mol. The molecule has 5 atom stereocenters. The van der Waals surface area contributed by atoms with E-state index in [1.165, 1.54) is 19.3 Å². The zero-order chi connectivity index (χ0) is 10.4. The van der Waals surface area contributed by atoms with Gasteiger partial charge in [-0.1, -0.05) is 41.0 Å². The summed E-state index contributed by atoms with van der Waals surface area (Å²) in [5.74, 6) is 3.14. The van der Waals surface area contributed by atoms with Crippen molar-refractivity contribution in [2.45, 2.75) is 53.9 Å². The van der Waals surface area contributed by atoms with Gasteiger partial charge >= 0.3 is 0 Å². The third-order valence-electron chi connectivity index (χ3n) is 6.65. The smallest absolute Gasteiger partial charge is 0.0209 e. The van der Waals surface area contributed by atoms with Gasteiger partial charge in [-0.3, -0.25) is 0 Å². The Morgan fingerprint density at radius 2 is 1.71 bits per heavy atom. The van der Waals surface area contributed by atoms with Crippen LogP contribution in [0.15, 0.2) is 0 Å². The van der Waals surface area contributed by atoms with E-state index in [4.69, 9.17) is 0 Å². The Morgan fingerprint density at radius 1 is 1.07 bits per heavy atom. The largest absolute Gasteiger partial charge is 0.0651 e. The summed E-state index contributed by atoms with van der Waals surface area (Å²) in [7, 11) is 0. The summed E-state index contributed by atoms with van der Waals surface area (Å²) in [6.45, 7) is 12.6. The lowest BCUT2D eigenvalue weighted by Crippen LogP contribution is -2.34. The topological polar surface area (TPSA) is 0 Å². The summed E-state index contributed by atoms with van der Waals surface area (Å²) in [6.07, 6.45) is 4.46. The van der Waals surface area contributed by atoms with Gasteiger partial charge in [-0.25, -0.2) is 0 Å². The highest BCUT2D eigenvalue weighted by Crippen LogP contribution is 2.85. The van der Waals surface area contributed by atoms with Crippen molar-refractivity contribution in [3.63, 3.8) is 0 Å². The normalized spacial score (nSPS) is 62.8. The molecule has 0 spiro atoms. The molecule has 3 rings (SSSR count). The van der Waals surface area contributed by atoms with Crippen molar-refractivity contribution in [3.05, 3.63) is 0 Å². The maximum atomic E-state index is 2.57. The third kappa shape index (κ3) is 0.717. The van der Waals surface area contributed by atoms with Gasteiger partial charge < -0.3 is 0 Å². The van der Waals surface area contributed by atoms with Gasteiger partial charge in [0.2, 0.25) is 0 Å². The van der Waals surface area contributed by atoms with E-state index in [0.717, 1.165) is 23.2 Å². The first-order valence-corrected chi connectivity index (χ1v) is 6.38. The second-order valence-corrected chi connectivity index (χ2v) is 7.24. The highest BCUT2D eigenvalue weighted by atomic mass is 14.8. The summed E-state index contributed by atoms with van der Waals surface area (Å²) in [5.41, 5.74) is 2.06. The predicted molar refractivity (Wildman–Crippen MR) is 60.0 cm³/mol. The number of rotatable bonds is 1. The second kappa shape index (κ2) is 2.08. The molecule has 0 aromatic heterocycles. The van der Waals surface area contributed by atoms with Crippen LogP contribution in [0.5, 0.6) is 0 Å². The van der Waals surface area contributed by atoms with E-state index in [-0.39, 0.29) is 0 Å². The van der Waals surface area contributed by atoms with Gasteiger partial charge in [0, 0.05) is 0 Å². The van der Waals surface area contributed by atoms with Gasteiger partial charge in [0.25, 0.3) is 0 Å². The maximum Gasteiger partial charge on any atom is -0.0209 e. The molecule has 0 radical (unpaired) electrons. The molecule has 3 saturated carbocycles. The minimum Gasteiger partial charge on any atom is -0.0651 e. The monoisotopic (exact) mass is 192 g/mol. The first-order chi connectivity index (χ1) is 6.38. The molecular weight excluding hydrogens is 168 g/mol. The Balaban J connectivity index is 1.97. The van der Waals surface area contributed by atoms with Crippen molar-refractivity contribution in [2.24, 2.45) is 34.0 Å². The van der Waals surface area contributed by atoms with Crippen molar-refractivity contribution in [1.29, 1.82) is 0 Å². The zero-order valence-electron chi connectivity index (χ0n) is 10.4. The SMILES string of the molecule is CCC1C2CC3(C)CC3C(C)(C)C12C. The Bertz CT molecular complexity index is 288. The standard InChI is InChI=1S/C14H24/c1-6-9-10-7-13(4)8-11(13)12(2,3)14(9,10)5/h9-11H,6-8H2,1-5H3. The molecule has 0 heteroatoms. The molecule has 5 unspecified atom stereocenters. The lowest BCUT2D eigenvalue weighted by molar-refractivity contribution is 0.0816. The highest BCUT2D eigenvalue weighted by molar-refractivity contribution is 5.26. The molecule has 0 bridgehead atoms. The van der Waals surface area contributed by atoms with E-state index in [0.29, 0.717) is 10.8 Å². The van der Waals surface area contributed by atoms with Gasteiger partial charge in [0.15, 0.2) is 0 Å². The van der Waals surface area contributed by atoms with E-state index in [2.05, 4.69) is 34.6 Å². The van der Waals surface area contributed by atoms with E-state index in [9.17, 15) is 0 Å². The van der Waals surface area contributed by atoms with Crippen molar-refractivity contribution in [1.82, 2.24) is 0 Å². The fourth-order valence-electron chi connectivity index (χ4n) is 5.35. The van der Waals surface area contributed by atoms with Crippen LogP contribution in [-0.2, 0) is 0 Å². The molecule has 0 aliphatic heterocycles. The molecular formula is C14H24. The fourth-order valence-corrected chi connectivity index (χ4v) is 5.35. The molecule has 0 aromatic carbocycles. The molecule has 0 aromatic rings. The third-order valence-corrected chi connectivity index (χ3v) is 6.65. The van der Waals surface area contributed by atoms with Gasteiger partial charge in [-0.05, 0) is 46.8 Å². The number of hydrogen-bond acceptors (Lipinski definition) is 0. The van der Waals surface area contributed by atoms with Crippen molar-refractivity contribution in [2.75, 3.05) is 0 Å². The molecule has 3 fully saturated rings. The van der Waals surface area contributed by atoms with Crippen LogP contribution in [0.1, 0.15) is 53.9 Å². The molecule has 3 aliphatic carbocycles. The summed E-state index contributed by atoms with van der Waals surface area (Å²) >= 11 is 0. The molecule has 0 amide bonds. The van der Waals surface area contributed by atoms with Crippen LogP contribution in [-0.4, -0.2) is 0 Å². The minimum atomic E-state index is 0.616. The summed E-state index contributed by atoms with van der Waals surface area (Å²) in [4.78, 5) is 0. The zero-order valence-corrected chi connectivity index (χ0v) is 10.4. The number of hydrogen-bond donors (Lipinski definition) is 0. The Morgan fingerprint density at radius 3 is 2.29 bits per heavy atom. The van der Waals surface area contributed by atoms with Crippen LogP contribution in [0.2, 0.25) is 0 Å². The highest BCUT2D eigenvalue weighted by Gasteiger charge is 2.78. The summed E-state index contributed by atoms with van der Waals surface area (Å²) in [6, 6.07) is 0. The second-order valence-electron chi connectivity index (χ2n) is 7.24. The predicted octanol–water partition coefficient (Wildman–Crippen LogP) is 4.10. The van der Waals surface area contributed by atoms with Gasteiger partial charge in [0.1, 0.15) is 0 Å². The van der Waals surface area contributed by atoms with Crippen LogP contribution in [0.3, 0.4) is 0 Å². The molecule has 0 N–H and O–H groups in total. The minimum absolute atomic E-state index is 0.616. The van der Waals surface area contributed by atoms with E-state index >= 15 is 0 Å². The Labute approximate surface area is 88.5 Å². The van der Waals surface area contributed by atoms with Gasteiger partial charge in [0.05, 0.1) is 0 Å². The molecule has 0 nitrogen and oxygen atoms in total. The number of fused-ring (bicyclic) bond motifs is 2. The van der Waals surface area contributed by atoms with E-state index in [1.54, 1.807) is 0 Å². The van der Waals surface area contributed by atoms with Gasteiger partial charge in [-0.15, -0.1) is 0 Å². The van der Waals surface area contributed by atoms with Crippen molar-refractivity contribution >= 4 is 0 Å². The van der Waals surface area contributed by atoms with Crippen molar-refractivity contribution < 1.29 is 0 Å². The quantitative estimate of drug-likeness (QED) is 0.586. The van der Waals surface area contributed by atoms with Crippen LogP contribution in [0.25, 0.3) is 0 Å². The van der Waals surface area contributed by atoms with Crippen molar-refractivity contribution in [3.8, 4) is 0 Å². The van der Waals surface area contributed by atoms with Crippen LogP contribution < -0.4 is 0 Å². The van der Waals surface area contributed by atoms with E-state index in [1.807, 2.05) is 0 Å². The van der Waals surface area contributed by atoms with E-state index < -0.39 is 0 Å². The van der Waals surface area contributed by atoms with Gasteiger partial charge in [-0.2, -0.15) is 0 Å². The fraction of sp³-hybridized carbons (Fsp3) is 1.00. The first kappa shape index (κ1) is 9.24. The molecule has 3 aliphatic rings. The first-order valence-electron chi connectivity index (χ1n) is 6.38. The molecule has 14 heavy (non-hydrogen) atoms.